The average Bonchev–Trinajstić information content (AvgIpc) is 2.74. The maximum atomic E-state index is 5.50. The van der Waals surface area contributed by atoms with Crippen molar-refractivity contribution in [1.82, 2.24) is 5.32 Å². The molecular formula is C14H23NO2. The lowest BCUT2D eigenvalue weighted by molar-refractivity contribution is 0.104. The van der Waals surface area contributed by atoms with E-state index in [1.54, 1.807) is 6.26 Å². The van der Waals surface area contributed by atoms with Crippen LogP contribution in [0.4, 0.5) is 0 Å². The highest BCUT2D eigenvalue weighted by atomic mass is 16.5. The molecule has 0 unspecified atom stereocenters. The molecule has 1 aromatic heterocycles. The first kappa shape index (κ1) is 14.0. The van der Waals surface area contributed by atoms with Gasteiger partial charge in [-0.1, -0.05) is 19.9 Å². The standard InChI is InChI=1S/C14H23NO2/c1-4-5-6-7-16-11-14-8-13(10-17-14)9-15-12(2)3/h4,8,10,12,15H,1,5-7,9,11H2,2-3H3. The van der Waals surface area contributed by atoms with Gasteiger partial charge in [0.2, 0.25) is 0 Å². The van der Waals surface area contributed by atoms with Crippen LogP contribution in [0.1, 0.15) is 38.0 Å². The summed E-state index contributed by atoms with van der Waals surface area (Å²) in [6, 6.07) is 2.53. The lowest BCUT2D eigenvalue weighted by Gasteiger charge is -2.04. The topological polar surface area (TPSA) is 34.4 Å². The van der Waals surface area contributed by atoms with E-state index in [1.807, 2.05) is 12.1 Å². The minimum absolute atomic E-state index is 0.489. The third kappa shape index (κ3) is 6.29. The Bertz CT molecular complexity index is 318. The highest BCUT2D eigenvalue weighted by Gasteiger charge is 2.02. The normalized spacial score (nSPS) is 11.0. The summed E-state index contributed by atoms with van der Waals surface area (Å²) in [6.07, 6.45) is 5.72. The zero-order valence-electron chi connectivity index (χ0n) is 10.9. The van der Waals surface area contributed by atoms with Gasteiger partial charge in [0.05, 0.1) is 6.26 Å². The molecule has 0 radical (unpaired) electrons. The number of ether oxygens (including phenoxy) is 1. The van der Waals surface area contributed by atoms with Gasteiger partial charge in [-0.3, -0.25) is 0 Å². The highest BCUT2D eigenvalue weighted by molar-refractivity contribution is 5.12. The van der Waals surface area contributed by atoms with Crippen molar-refractivity contribution in [2.75, 3.05) is 6.61 Å². The van der Waals surface area contributed by atoms with E-state index in [0.29, 0.717) is 12.6 Å². The van der Waals surface area contributed by atoms with Crippen LogP contribution >= 0.6 is 0 Å². The summed E-state index contributed by atoms with van der Waals surface area (Å²) in [5, 5.41) is 3.35. The van der Waals surface area contributed by atoms with Crippen LogP contribution in [-0.4, -0.2) is 12.6 Å². The first-order chi connectivity index (χ1) is 8.22. The fourth-order valence-electron chi connectivity index (χ4n) is 1.42. The van der Waals surface area contributed by atoms with Crippen molar-refractivity contribution in [2.24, 2.45) is 0 Å². The van der Waals surface area contributed by atoms with Crippen LogP contribution in [0.5, 0.6) is 0 Å². The molecule has 0 atom stereocenters. The Morgan fingerprint density at radius 3 is 3.06 bits per heavy atom. The van der Waals surface area contributed by atoms with Crippen LogP contribution in [0.3, 0.4) is 0 Å². The Balaban J connectivity index is 2.18. The summed E-state index contributed by atoms with van der Waals surface area (Å²) in [4.78, 5) is 0. The molecule has 17 heavy (non-hydrogen) atoms. The molecule has 0 bridgehead atoms. The number of furan rings is 1. The lowest BCUT2D eigenvalue weighted by Crippen LogP contribution is -2.21. The molecule has 3 heteroatoms. The summed E-state index contributed by atoms with van der Waals surface area (Å²) < 4.78 is 10.9. The summed E-state index contributed by atoms with van der Waals surface area (Å²) in [6.45, 7) is 10.1. The minimum Gasteiger partial charge on any atom is -0.467 e. The van der Waals surface area contributed by atoms with Crippen molar-refractivity contribution in [1.29, 1.82) is 0 Å². The van der Waals surface area contributed by atoms with Gasteiger partial charge in [0.15, 0.2) is 0 Å². The second-order valence-electron chi connectivity index (χ2n) is 4.44. The second kappa shape index (κ2) is 8.09. The molecule has 0 aliphatic heterocycles. The van der Waals surface area contributed by atoms with Crippen LogP contribution in [0.25, 0.3) is 0 Å². The van der Waals surface area contributed by atoms with Crippen LogP contribution in [0, 0.1) is 0 Å². The van der Waals surface area contributed by atoms with E-state index in [1.165, 1.54) is 5.56 Å². The maximum absolute atomic E-state index is 5.50. The molecule has 0 saturated carbocycles. The Hall–Kier alpha value is -1.06. The van der Waals surface area contributed by atoms with Gasteiger partial charge in [-0.25, -0.2) is 0 Å². The van der Waals surface area contributed by atoms with Crippen molar-refractivity contribution in [3.05, 3.63) is 36.3 Å². The van der Waals surface area contributed by atoms with E-state index >= 15 is 0 Å². The van der Waals surface area contributed by atoms with Crippen LogP contribution < -0.4 is 5.32 Å². The predicted octanol–water partition coefficient (Wildman–Crippen LogP) is 3.26. The molecule has 96 valence electrons. The molecule has 1 aromatic rings. The van der Waals surface area contributed by atoms with Gasteiger partial charge >= 0.3 is 0 Å². The Kier molecular flexibility index (Phi) is 6.67. The third-order valence-electron chi connectivity index (χ3n) is 2.36. The number of allylic oxidation sites excluding steroid dienone is 1. The van der Waals surface area contributed by atoms with Crippen molar-refractivity contribution >= 4 is 0 Å². The zero-order valence-corrected chi connectivity index (χ0v) is 10.9. The molecule has 1 heterocycles. The van der Waals surface area contributed by atoms with Gasteiger partial charge in [-0.15, -0.1) is 6.58 Å². The molecule has 0 spiro atoms. The predicted molar refractivity (Wildman–Crippen MR) is 69.8 cm³/mol. The largest absolute Gasteiger partial charge is 0.467 e. The molecule has 0 amide bonds. The van der Waals surface area contributed by atoms with Crippen molar-refractivity contribution in [3.63, 3.8) is 0 Å². The Morgan fingerprint density at radius 2 is 2.35 bits per heavy atom. The fourth-order valence-corrected chi connectivity index (χ4v) is 1.42. The zero-order chi connectivity index (χ0) is 12.5. The number of nitrogens with one attached hydrogen (secondary N) is 1. The van der Waals surface area contributed by atoms with E-state index in [4.69, 9.17) is 9.15 Å². The maximum Gasteiger partial charge on any atom is 0.129 e. The monoisotopic (exact) mass is 237 g/mol. The first-order valence-corrected chi connectivity index (χ1v) is 6.20. The number of unbranched alkanes of at least 4 members (excludes halogenated alkanes) is 1. The van der Waals surface area contributed by atoms with Gasteiger partial charge in [0.25, 0.3) is 0 Å². The highest BCUT2D eigenvalue weighted by Crippen LogP contribution is 2.09. The van der Waals surface area contributed by atoms with E-state index in [0.717, 1.165) is 31.8 Å². The van der Waals surface area contributed by atoms with Crippen molar-refractivity contribution < 1.29 is 9.15 Å². The second-order valence-corrected chi connectivity index (χ2v) is 4.44. The average molecular weight is 237 g/mol. The summed E-state index contributed by atoms with van der Waals surface area (Å²) in [7, 11) is 0. The first-order valence-electron chi connectivity index (χ1n) is 6.20. The number of rotatable bonds is 9. The Morgan fingerprint density at radius 1 is 1.53 bits per heavy atom. The molecule has 3 nitrogen and oxygen atoms in total. The SMILES string of the molecule is C=CCCCOCc1cc(CNC(C)C)co1. The third-order valence-corrected chi connectivity index (χ3v) is 2.36. The molecule has 1 rings (SSSR count). The van der Waals surface area contributed by atoms with Crippen LogP contribution in [0.2, 0.25) is 0 Å². The van der Waals surface area contributed by atoms with Crippen LogP contribution in [-0.2, 0) is 17.9 Å². The van der Waals surface area contributed by atoms with E-state index < -0.39 is 0 Å². The van der Waals surface area contributed by atoms with E-state index in [2.05, 4.69) is 25.7 Å². The molecular weight excluding hydrogens is 214 g/mol. The van der Waals surface area contributed by atoms with E-state index in [-0.39, 0.29) is 0 Å². The molecule has 1 N–H and O–H groups in total. The van der Waals surface area contributed by atoms with Crippen LogP contribution in [0.15, 0.2) is 29.4 Å². The smallest absolute Gasteiger partial charge is 0.129 e. The number of hydrogen-bond donors (Lipinski definition) is 1. The Labute approximate surface area is 104 Å². The van der Waals surface area contributed by atoms with Gasteiger partial charge in [-0.2, -0.15) is 0 Å². The molecule has 0 aliphatic rings. The minimum atomic E-state index is 0.489. The van der Waals surface area contributed by atoms with Gasteiger partial charge in [0.1, 0.15) is 12.4 Å². The van der Waals surface area contributed by atoms with Crippen molar-refractivity contribution in [2.45, 2.75) is 45.9 Å². The lowest BCUT2D eigenvalue weighted by atomic mass is 10.3. The van der Waals surface area contributed by atoms with E-state index in [9.17, 15) is 0 Å². The van der Waals surface area contributed by atoms with Crippen molar-refractivity contribution in [3.8, 4) is 0 Å². The molecule has 0 saturated heterocycles. The molecule has 0 aromatic carbocycles. The summed E-state index contributed by atoms with van der Waals surface area (Å²) >= 11 is 0. The molecule has 0 aliphatic carbocycles. The quantitative estimate of drug-likeness (QED) is 0.529. The summed E-state index contributed by atoms with van der Waals surface area (Å²) in [5.74, 6) is 0.893. The van der Waals surface area contributed by atoms with Gasteiger partial charge in [0, 0.05) is 24.8 Å². The summed E-state index contributed by atoms with van der Waals surface area (Å²) in [5.41, 5.74) is 1.17. The number of hydrogen-bond acceptors (Lipinski definition) is 3. The fraction of sp³-hybridized carbons (Fsp3) is 0.571. The van der Waals surface area contributed by atoms with Gasteiger partial charge in [-0.05, 0) is 18.9 Å². The van der Waals surface area contributed by atoms with Gasteiger partial charge < -0.3 is 14.5 Å². The molecule has 0 fully saturated rings.